The molecule has 2 saturated heterocycles. The lowest BCUT2D eigenvalue weighted by molar-refractivity contribution is 0.0342. The molecule has 1 N–H and O–H groups in total. The molecule has 3 rings (SSSR count). The number of morpholine rings is 1. The van der Waals surface area contributed by atoms with Crippen molar-refractivity contribution in [1.82, 2.24) is 10.2 Å². The Balaban J connectivity index is 1.51. The van der Waals surface area contributed by atoms with Crippen LogP contribution in [0.3, 0.4) is 0 Å². The molecule has 2 fully saturated rings. The van der Waals surface area contributed by atoms with Gasteiger partial charge in [0.05, 0.1) is 13.2 Å². The van der Waals surface area contributed by atoms with Gasteiger partial charge in [-0.25, -0.2) is 0 Å². The maximum Gasteiger partial charge on any atom is 0.119 e. The molecule has 0 saturated carbocycles. The van der Waals surface area contributed by atoms with Crippen molar-refractivity contribution in [3.8, 4) is 5.75 Å². The fourth-order valence-electron chi connectivity index (χ4n) is 2.80. The highest BCUT2D eigenvalue weighted by Gasteiger charge is 2.14. The fraction of sp³-hybridized carbons (Fsp3) is 0.625. The third-order valence-electron chi connectivity index (χ3n) is 4.02. The molecule has 0 aromatic heterocycles. The van der Waals surface area contributed by atoms with E-state index in [-0.39, 0.29) is 0 Å². The van der Waals surface area contributed by atoms with Gasteiger partial charge in [0, 0.05) is 19.6 Å². The van der Waals surface area contributed by atoms with Crippen LogP contribution in [0.5, 0.6) is 5.75 Å². The van der Waals surface area contributed by atoms with Crippen molar-refractivity contribution >= 4 is 0 Å². The average Bonchev–Trinajstić information content (AvgIpc) is 2.51. The topological polar surface area (TPSA) is 33.7 Å². The van der Waals surface area contributed by atoms with E-state index in [0.717, 1.165) is 64.5 Å². The van der Waals surface area contributed by atoms with Crippen LogP contribution in [0.25, 0.3) is 0 Å². The van der Waals surface area contributed by atoms with Gasteiger partial charge < -0.3 is 14.8 Å². The molecule has 0 spiro atoms. The third kappa shape index (κ3) is 3.95. The molecule has 0 unspecified atom stereocenters. The number of benzene rings is 1. The first-order valence-electron chi connectivity index (χ1n) is 7.66. The number of hydrogen-bond acceptors (Lipinski definition) is 4. The lowest BCUT2D eigenvalue weighted by Crippen LogP contribution is -2.35. The molecule has 110 valence electrons. The minimum Gasteiger partial charge on any atom is -0.490 e. The summed E-state index contributed by atoms with van der Waals surface area (Å²) in [5.74, 6) is 1.00. The summed E-state index contributed by atoms with van der Waals surface area (Å²) >= 11 is 0. The summed E-state index contributed by atoms with van der Waals surface area (Å²) in [5.41, 5.74) is 1.35. The Bertz CT molecular complexity index is 356. The van der Waals surface area contributed by atoms with E-state index in [0.29, 0.717) is 6.10 Å². The van der Waals surface area contributed by atoms with Gasteiger partial charge in [0.25, 0.3) is 0 Å². The zero-order chi connectivity index (χ0) is 13.6. The largest absolute Gasteiger partial charge is 0.490 e. The zero-order valence-corrected chi connectivity index (χ0v) is 12.0. The molecule has 0 atom stereocenters. The summed E-state index contributed by atoms with van der Waals surface area (Å²) in [7, 11) is 0. The first-order valence-corrected chi connectivity index (χ1v) is 7.66. The molecule has 20 heavy (non-hydrogen) atoms. The van der Waals surface area contributed by atoms with Gasteiger partial charge in [-0.1, -0.05) is 12.1 Å². The average molecular weight is 276 g/mol. The highest BCUT2D eigenvalue weighted by Crippen LogP contribution is 2.18. The molecule has 1 aromatic rings. The zero-order valence-electron chi connectivity index (χ0n) is 12.0. The molecule has 0 bridgehead atoms. The Hall–Kier alpha value is -1.10. The van der Waals surface area contributed by atoms with Crippen LogP contribution in [0.4, 0.5) is 0 Å². The second kappa shape index (κ2) is 7.07. The molecular weight excluding hydrogens is 252 g/mol. The second-order valence-electron chi connectivity index (χ2n) is 5.60. The Kier molecular flexibility index (Phi) is 4.90. The van der Waals surface area contributed by atoms with Gasteiger partial charge in [0.2, 0.25) is 0 Å². The normalized spacial score (nSPS) is 21.8. The fourth-order valence-corrected chi connectivity index (χ4v) is 2.80. The van der Waals surface area contributed by atoms with Gasteiger partial charge >= 0.3 is 0 Å². The van der Waals surface area contributed by atoms with E-state index in [1.54, 1.807) is 0 Å². The van der Waals surface area contributed by atoms with Crippen molar-refractivity contribution in [3.05, 3.63) is 29.8 Å². The van der Waals surface area contributed by atoms with Crippen LogP contribution in [0.2, 0.25) is 0 Å². The smallest absolute Gasteiger partial charge is 0.119 e. The molecule has 4 nitrogen and oxygen atoms in total. The Labute approximate surface area is 121 Å². The van der Waals surface area contributed by atoms with E-state index in [1.807, 2.05) is 0 Å². The van der Waals surface area contributed by atoms with Crippen molar-refractivity contribution in [2.45, 2.75) is 25.5 Å². The second-order valence-corrected chi connectivity index (χ2v) is 5.60. The van der Waals surface area contributed by atoms with Crippen LogP contribution in [-0.4, -0.2) is 50.4 Å². The number of hydrogen-bond donors (Lipinski definition) is 1. The molecule has 2 aliphatic rings. The van der Waals surface area contributed by atoms with Crippen LogP contribution >= 0.6 is 0 Å². The first-order chi connectivity index (χ1) is 9.90. The molecule has 2 heterocycles. The minimum absolute atomic E-state index is 0.376. The van der Waals surface area contributed by atoms with Crippen molar-refractivity contribution in [2.24, 2.45) is 0 Å². The van der Waals surface area contributed by atoms with E-state index in [9.17, 15) is 0 Å². The van der Waals surface area contributed by atoms with Crippen LogP contribution in [0, 0.1) is 0 Å². The number of piperidine rings is 1. The van der Waals surface area contributed by atoms with Crippen LogP contribution in [0.1, 0.15) is 18.4 Å². The lowest BCUT2D eigenvalue weighted by Gasteiger charge is -2.27. The van der Waals surface area contributed by atoms with E-state index in [1.165, 1.54) is 5.56 Å². The van der Waals surface area contributed by atoms with E-state index >= 15 is 0 Å². The van der Waals surface area contributed by atoms with E-state index < -0.39 is 0 Å². The molecule has 0 radical (unpaired) electrons. The monoisotopic (exact) mass is 276 g/mol. The maximum absolute atomic E-state index is 6.03. The minimum atomic E-state index is 0.376. The van der Waals surface area contributed by atoms with Gasteiger partial charge in [-0.3, -0.25) is 4.90 Å². The summed E-state index contributed by atoms with van der Waals surface area (Å²) in [6.45, 7) is 6.94. The highest BCUT2D eigenvalue weighted by molar-refractivity contribution is 5.27. The van der Waals surface area contributed by atoms with Crippen molar-refractivity contribution < 1.29 is 9.47 Å². The summed E-state index contributed by atoms with van der Waals surface area (Å²) in [5, 5.41) is 3.36. The van der Waals surface area contributed by atoms with E-state index in [4.69, 9.17) is 9.47 Å². The Morgan fingerprint density at radius 3 is 2.50 bits per heavy atom. The van der Waals surface area contributed by atoms with Gasteiger partial charge in [-0.05, 0) is 43.6 Å². The SMILES string of the molecule is c1cc(OC2CCNCC2)ccc1CN1CCOCC1. The number of nitrogens with one attached hydrogen (secondary N) is 1. The predicted molar refractivity (Wildman–Crippen MR) is 79.1 cm³/mol. The number of ether oxygens (including phenoxy) is 2. The van der Waals surface area contributed by atoms with Crippen molar-refractivity contribution in [3.63, 3.8) is 0 Å². The first kappa shape index (κ1) is 13.9. The third-order valence-corrected chi connectivity index (χ3v) is 4.02. The van der Waals surface area contributed by atoms with Crippen molar-refractivity contribution in [2.75, 3.05) is 39.4 Å². The van der Waals surface area contributed by atoms with E-state index in [2.05, 4.69) is 34.5 Å². The maximum atomic E-state index is 6.03. The molecule has 2 aliphatic heterocycles. The summed E-state index contributed by atoms with van der Waals surface area (Å²) in [6, 6.07) is 8.59. The van der Waals surface area contributed by atoms with Gasteiger partial charge in [-0.15, -0.1) is 0 Å². The van der Waals surface area contributed by atoms with Crippen LogP contribution < -0.4 is 10.1 Å². The van der Waals surface area contributed by atoms with Crippen LogP contribution in [0.15, 0.2) is 24.3 Å². The highest BCUT2D eigenvalue weighted by atomic mass is 16.5. The van der Waals surface area contributed by atoms with Gasteiger partial charge in [0.15, 0.2) is 0 Å². The standard InChI is InChI=1S/C16H24N2O2/c1-3-15(20-16-5-7-17-8-6-16)4-2-14(1)13-18-9-11-19-12-10-18/h1-4,16-17H,5-13H2. The predicted octanol–water partition coefficient (Wildman–Crippen LogP) is 1.65. The van der Waals surface area contributed by atoms with Crippen LogP contribution in [-0.2, 0) is 11.3 Å². The molecule has 1 aromatic carbocycles. The quantitative estimate of drug-likeness (QED) is 0.906. The molecular formula is C16H24N2O2. The van der Waals surface area contributed by atoms with Gasteiger partial charge in [0.1, 0.15) is 11.9 Å². The number of nitrogens with zero attached hydrogens (tertiary/aromatic N) is 1. The summed E-state index contributed by atoms with van der Waals surface area (Å²) < 4.78 is 11.4. The Morgan fingerprint density at radius 1 is 1.10 bits per heavy atom. The summed E-state index contributed by atoms with van der Waals surface area (Å²) in [4.78, 5) is 2.44. The number of rotatable bonds is 4. The summed E-state index contributed by atoms with van der Waals surface area (Å²) in [6.07, 6.45) is 2.59. The lowest BCUT2D eigenvalue weighted by atomic mass is 10.1. The van der Waals surface area contributed by atoms with Gasteiger partial charge in [-0.2, -0.15) is 0 Å². The Morgan fingerprint density at radius 2 is 1.80 bits per heavy atom. The molecule has 4 heteroatoms. The van der Waals surface area contributed by atoms with Crippen molar-refractivity contribution in [1.29, 1.82) is 0 Å². The molecule has 0 amide bonds. The molecule has 0 aliphatic carbocycles.